The van der Waals surface area contributed by atoms with Gasteiger partial charge in [-0.25, -0.2) is 0 Å². The Balaban J connectivity index is 1.70. The van der Waals surface area contributed by atoms with Crippen LogP contribution in [0.25, 0.3) is 0 Å². The number of nitrogens with zero attached hydrogens (tertiary/aromatic N) is 1. The van der Waals surface area contributed by atoms with Crippen LogP contribution in [0.5, 0.6) is 0 Å². The van der Waals surface area contributed by atoms with Crippen LogP contribution in [-0.4, -0.2) is 36.4 Å². The second-order valence-corrected chi connectivity index (χ2v) is 5.79. The Morgan fingerprint density at radius 3 is 3.16 bits per heavy atom. The van der Waals surface area contributed by atoms with Crippen LogP contribution in [0.3, 0.4) is 0 Å². The maximum absolute atomic E-state index is 12.4. The number of nitrogens with one attached hydrogen (secondary N) is 1. The summed E-state index contributed by atoms with van der Waals surface area (Å²) in [6.45, 7) is 4.88. The minimum atomic E-state index is 0.267. The zero-order valence-corrected chi connectivity index (χ0v) is 11.6. The number of benzene rings is 1. The minimum Gasteiger partial charge on any atom is -0.384 e. The van der Waals surface area contributed by atoms with Crippen molar-refractivity contribution in [3.8, 4) is 0 Å². The van der Waals surface area contributed by atoms with E-state index in [0.29, 0.717) is 12.6 Å². The van der Waals surface area contributed by atoms with Crippen molar-refractivity contribution in [1.29, 1.82) is 0 Å². The second-order valence-electron chi connectivity index (χ2n) is 5.79. The number of hydrogen-bond acceptors (Lipinski definition) is 3. The predicted octanol–water partition coefficient (Wildman–Crippen LogP) is 2.71. The van der Waals surface area contributed by atoms with Gasteiger partial charge in [-0.2, -0.15) is 0 Å². The van der Waals surface area contributed by atoms with Crippen molar-refractivity contribution in [2.24, 2.45) is 0 Å². The summed E-state index contributed by atoms with van der Waals surface area (Å²) in [5.74, 6) is 0.267. The monoisotopic (exact) mass is 258 g/mol. The molecule has 1 atom stereocenters. The van der Waals surface area contributed by atoms with Crippen LogP contribution >= 0.6 is 0 Å². The van der Waals surface area contributed by atoms with Gasteiger partial charge in [-0.3, -0.25) is 9.69 Å². The fourth-order valence-electron chi connectivity index (χ4n) is 3.15. The molecular formula is C16H22N2O. The highest BCUT2D eigenvalue weighted by molar-refractivity contribution is 5.98. The quantitative estimate of drug-likeness (QED) is 0.846. The summed E-state index contributed by atoms with van der Waals surface area (Å²) in [7, 11) is 0. The van der Waals surface area contributed by atoms with E-state index in [1.807, 2.05) is 6.07 Å². The average molecular weight is 258 g/mol. The summed E-state index contributed by atoms with van der Waals surface area (Å²) < 4.78 is 0. The molecule has 19 heavy (non-hydrogen) atoms. The molecular weight excluding hydrogens is 236 g/mol. The van der Waals surface area contributed by atoms with Crippen molar-refractivity contribution in [3.63, 3.8) is 0 Å². The molecule has 2 heterocycles. The number of rotatable bonds is 3. The van der Waals surface area contributed by atoms with Gasteiger partial charge in [-0.05, 0) is 56.5 Å². The van der Waals surface area contributed by atoms with E-state index < -0.39 is 0 Å². The van der Waals surface area contributed by atoms with Gasteiger partial charge in [-0.1, -0.05) is 6.42 Å². The lowest BCUT2D eigenvalue weighted by Gasteiger charge is -2.32. The predicted molar refractivity (Wildman–Crippen MR) is 77.9 cm³/mol. The number of Topliss-reactive ketones (excluding diaryl/α,β-unsaturated/α-hetero) is 1. The summed E-state index contributed by atoms with van der Waals surface area (Å²) in [4.78, 5) is 14.7. The van der Waals surface area contributed by atoms with Crippen LogP contribution in [-0.2, 0) is 6.42 Å². The average Bonchev–Trinajstić information content (AvgIpc) is 2.88. The van der Waals surface area contributed by atoms with Gasteiger partial charge in [-0.15, -0.1) is 0 Å². The molecule has 102 valence electrons. The Hall–Kier alpha value is -1.35. The standard InChI is InChI=1S/C16H22N2O/c1-12-4-2-3-9-18(12)11-16(19)14-5-6-15-13(10-14)7-8-17-15/h5-6,10,12,17H,2-4,7-9,11H2,1H3. The van der Waals surface area contributed by atoms with Crippen LogP contribution in [0, 0.1) is 0 Å². The molecule has 1 aromatic carbocycles. The molecule has 1 unspecified atom stereocenters. The van der Waals surface area contributed by atoms with Crippen molar-refractivity contribution in [3.05, 3.63) is 29.3 Å². The fraction of sp³-hybridized carbons (Fsp3) is 0.562. The van der Waals surface area contributed by atoms with Gasteiger partial charge >= 0.3 is 0 Å². The lowest BCUT2D eigenvalue weighted by Crippen LogP contribution is -2.40. The number of carbonyl (C=O) groups is 1. The van der Waals surface area contributed by atoms with Crippen LogP contribution < -0.4 is 5.32 Å². The van der Waals surface area contributed by atoms with Crippen molar-refractivity contribution < 1.29 is 4.79 Å². The first-order valence-electron chi connectivity index (χ1n) is 7.38. The first-order valence-corrected chi connectivity index (χ1v) is 7.38. The Labute approximate surface area is 115 Å². The van der Waals surface area contributed by atoms with E-state index >= 15 is 0 Å². The van der Waals surface area contributed by atoms with Crippen molar-refractivity contribution in [2.75, 3.05) is 25.0 Å². The molecule has 1 saturated heterocycles. The highest BCUT2D eigenvalue weighted by Crippen LogP contribution is 2.24. The van der Waals surface area contributed by atoms with E-state index in [1.165, 1.54) is 30.5 Å². The van der Waals surface area contributed by atoms with Crippen molar-refractivity contribution in [2.45, 2.75) is 38.6 Å². The number of carbonyl (C=O) groups excluding carboxylic acids is 1. The van der Waals surface area contributed by atoms with Gasteiger partial charge in [0.1, 0.15) is 0 Å². The van der Waals surface area contributed by atoms with Gasteiger partial charge in [0.25, 0.3) is 0 Å². The molecule has 3 rings (SSSR count). The Morgan fingerprint density at radius 1 is 1.42 bits per heavy atom. The van der Waals surface area contributed by atoms with Crippen LogP contribution in [0.1, 0.15) is 42.1 Å². The Kier molecular flexibility index (Phi) is 3.56. The van der Waals surface area contributed by atoms with Gasteiger partial charge in [0.2, 0.25) is 0 Å². The second kappa shape index (κ2) is 5.33. The van der Waals surface area contributed by atoms with E-state index in [2.05, 4.69) is 29.3 Å². The maximum atomic E-state index is 12.4. The third kappa shape index (κ3) is 2.66. The first kappa shape index (κ1) is 12.7. The molecule has 0 amide bonds. The molecule has 1 aromatic rings. The number of fused-ring (bicyclic) bond motifs is 1. The molecule has 1 fully saturated rings. The van der Waals surface area contributed by atoms with Crippen molar-refractivity contribution >= 4 is 11.5 Å². The first-order chi connectivity index (χ1) is 9.24. The van der Waals surface area contributed by atoms with Gasteiger partial charge in [0.15, 0.2) is 5.78 Å². The molecule has 1 N–H and O–H groups in total. The molecule has 0 aromatic heterocycles. The van der Waals surface area contributed by atoms with Crippen molar-refractivity contribution in [1.82, 2.24) is 4.90 Å². The van der Waals surface area contributed by atoms with Crippen LogP contribution in [0.4, 0.5) is 5.69 Å². The summed E-state index contributed by atoms with van der Waals surface area (Å²) in [6.07, 6.45) is 4.79. The summed E-state index contributed by atoms with van der Waals surface area (Å²) in [6, 6.07) is 6.64. The molecule has 0 bridgehead atoms. The lowest BCUT2D eigenvalue weighted by molar-refractivity contribution is 0.0860. The summed E-state index contributed by atoms with van der Waals surface area (Å²) >= 11 is 0. The number of hydrogen-bond donors (Lipinski definition) is 1. The van der Waals surface area contributed by atoms with E-state index in [9.17, 15) is 4.79 Å². The Bertz CT molecular complexity index is 484. The number of piperidine rings is 1. The number of ketones is 1. The molecule has 0 spiro atoms. The molecule has 2 aliphatic rings. The van der Waals surface area contributed by atoms with Gasteiger partial charge < -0.3 is 5.32 Å². The van der Waals surface area contributed by atoms with E-state index in [0.717, 1.165) is 25.1 Å². The topological polar surface area (TPSA) is 32.3 Å². The fourth-order valence-corrected chi connectivity index (χ4v) is 3.15. The van der Waals surface area contributed by atoms with Crippen LogP contribution in [0.15, 0.2) is 18.2 Å². The highest BCUT2D eigenvalue weighted by atomic mass is 16.1. The number of likely N-dealkylation sites (tertiary alicyclic amines) is 1. The van der Waals surface area contributed by atoms with E-state index in [-0.39, 0.29) is 5.78 Å². The largest absolute Gasteiger partial charge is 0.384 e. The minimum absolute atomic E-state index is 0.267. The molecule has 2 aliphatic heterocycles. The summed E-state index contributed by atoms with van der Waals surface area (Å²) in [5, 5.41) is 3.33. The smallest absolute Gasteiger partial charge is 0.176 e. The molecule has 0 radical (unpaired) electrons. The number of anilines is 1. The van der Waals surface area contributed by atoms with E-state index in [4.69, 9.17) is 0 Å². The molecule has 0 aliphatic carbocycles. The summed E-state index contributed by atoms with van der Waals surface area (Å²) in [5.41, 5.74) is 3.36. The van der Waals surface area contributed by atoms with Crippen LogP contribution in [0.2, 0.25) is 0 Å². The zero-order valence-electron chi connectivity index (χ0n) is 11.6. The normalized spacial score (nSPS) is 22.9. The SMILES string of the molecule is CC1CCCCN1CC(=O)c1ccc2c(c1)CCN2. The molecule has 3 heteroatoms. The third-order valence-electron chi connectivity index (χ3n) is 4.42. The van der Waals surface area contributed by atoms with Gasteiger partial charge in [0.05, 0.1) is 6.54 Å². The lowest BCUT2D eigenvalue weighted by atomic mass is 10.0. The zero-order chi connectivity index (χ0) is 13.2. The third-order valence-corrected chi connectivity index (χ3v) is 4.42. The van der Waals surface area contributed by atoms with E-state index in [1.54, 1.807) is 0 Å². The molecule has 3 nitrogen and oxygen atoms in total. The highest BCUT2D eigenvalue weighted by Gasteiger charge is 2.21. The Morgan fingerprint density at radius 2 is 2.32 bits per heavy atom. The molecule has 0 saturated carbocycles. The maximum Gasteiger partial charge on any atom is 0.176 e. The van der Waals surface area contributed by atoms with Gasteiger partial charge in [0, 0.05) is 23.8 Å².